The van der Waals surface area contributed by atoms with E-state index in [1.165, 1.54) is 64.3 Å². The summed E-state index contributed by atoms with van der Waals surface area (Å²) in [5, 5.41) is 5.13. The molecule has 0 bridgehead atoms. The second-order valence-electron chi connectivity index (χ2n) is 12.2. The quantitative estimate of drug-likeness (QED) is 0.177. The minimum atomic E-state index is 1.12. The number of rotatable bonds is 6. The van der Waals surface area contributed by atoms with Gasteiger partial charge >= 0.3 is 0 Å². The highest BCUT2D eigenvalue weighted by molar-refractivity contribution is 7.25. The lowest BCUT2D eigenvalue weighted by Gasteiger charge is -2.28. The third-order valence-corrected chi connectivity index (χ3v) is 10.4. The Hall–Kier alpha value is -5.96. The van der Waals surface area contributed by atoms with Crippen LogP contribution in [0.15, 0.2) is 188 Å². The summed E-state index contributed by atoms with van der Waals surface area (Å²) < 4.78 is 2.66. The molecule has 226 valence electrons. The number of anilines is 3. The molecule has 0 atom stereocenters. The molecular formula is C46H31NS. The minimum Gasteiger partial charge on any atom is -0.310 e. The Balaban J connectivity index is 1.16. The van der Waals surface area contributed by atoms with Crippen molar-refractivity contribution in [3.8, 4) is 33.4 Å². The van der Waals surface area contributed by atoms with Gasteiger partial charge in [-0.2, -0.15) is 0 Å². The van der Waals surface area contributed by atoms with Crippen LogP contribution in [0.1, 0.15) is 0 Å². The Morgan fingerprint density at radius 3 is 1.62 bits per heavy atom. The molecule has 1 heterocycles. The van der Waals surface area contributed by atoms with Crippen LogP contribution in [0, 0.1) is 0 Å². The smallest absolute Gasteiger partial charge is 0.0540 e. The molecule has 0 aliphatic rings. The number of nitrogens with zero attached hydrogens (tertiary/aromatic N) is 1. The first-order valence-electron chi connectivity index (χ1n) is 16.3. The van der Waals surface area contributed by atoms with Crippen molar-refractivity contribution in [2.75, 3.05) is 4.90 Å². The lowest BCUT2D eigenvalue weighted by Crippen LogP contribution is -2.11. The molecule has 0 saturated carbocycles. The second-order valence-corrected chi connectivity index (χ2v) is 13.3. The monoisotopic (exact) mass is 629 g/mol. The molecule has 0 unspecified atom stereocenters. The maximum absolute atomic E-state index is 2.40. The minimum absolute atomic E-state index is 1.12. The first-order chi connectivity index (χ1) is 23.8. The Morgan fingerprint density at radius 2 is 0.896 bits per heavy atom. The molecule has 0 aliphatic carbocycles. The zero-order valence-electron chi connectivity index (χ0n) is 26.3. The highest BCUT2D eigenvalue weighted by Crippen LogP contribution is 2.43. The Bertz CT molecular complexity index is 2530. The van der Waals surface area contributed by atoms with Crippen molar-refractivity contribution in [3.05, 3.63) is 188 Å². The van der Waals surface area contributed by atoms with E-state index in [1.54, 1.807) is 0 Å². The van der Waals surface area contributed by atoms with E-state index >= 15 is 0 Å². The van der Waals surface area contributed by atoms with Crippen molar-refractivity contribution in [1.29, 1.82) is 0 Å². The molecule has 0 aliphatic heterocycles. The lowest BCUT2D eigenvalue weighted by atomic mass is 9.99. The average Bonchev–Trinajstić information content (AvgIpc) is 3.52. The molecule has 0 fully saturated rings. The van der Waals surface area contributed by atoms with Gasteiger partial charge in [0.2, 0.25) is 0 Å². The van der Waals surface area contributed by atoms with E-state index < -0.39 is 0 Å². The van der Waals surface area contributed by atoms with Crippen LogP contribution in [0.4, 0.5) is 17.1 Å². The lowest BCUT2D eigenvalue weighted by molar-refractivity contribution is 1.29. The molecule has 0 saturated heterocycles. The third kappa shape index (κ3) is 5.13. The number of thiophene rings is 1. The van der Waals surface area contributed by atoms with Gasteiger partial charge in [0.15, 0.2) is 0 Å². The first kappa shape index (κ1) is 28.3. The van der Waals surface area contributed by atoms with Crippen molar-refractivity contribution < 1.29 is 0 Å². The van der Waals surface area contributed by atoms with Gasteiger partial charge in [-0.25, -0.2) is 0 Å². The van der Waals surface area contributed by atoms with Crippen LogP contribution in [-0.2, 0) is 0 Å². The van der Waals surface area contributed by atoms with Crippen molar-refractivity contribution in [3.63, 3.8) is 0 Å². The summed E-state index contributed by atoms with van der Waals surface area (Å²) in [4.78, 5) is 2.40. The molecule has 0 radical (unpaired) electrons. The average molecular weight is 630 g/mol. The summed E-state index contributed by atoms with van der Waals surface area (Å²) in [6.45, 7) is 0. The molecule has 0 spiro atoms. The zero-order chi connectivity index (χ0) is 31.9. The molecule has 48 heavy (non-hydrogen) atoms. The van der Waals surface area contributed by atoms with E-state index in [1.807, 2.05) is 11.3 Å². The summed E-state index contributed by atoms with van der Waals surface area (Å²) in [6.07, 6.45) is 0. The molecule has 9 aromatic rings. The second kappa shape index (κ2) is 12.0. The van der Waals surface area contributed by atoms with Crippen LogP contribution in [0.3, 0.4) is 0 Å². The fourth-order valence-corrected chi connectivity index (χ4v) is 7.98. The van der Waals surface area contributed by atoms with Gasteiger partial charge in [-0.3, -0.25) is 0 Å². The molecular weight excluding hydrogens is 599 g/mol. The highest BCUT2D eigenvalue weighted by atomic mass is 32.1. The summed E-state index contributed by atoms with van der Waals surface area (Å²) >= 11 is 1.87. The van der Waals surface area contributed by atoms with Gasteiger partial charge in [0.25, 0.3) is 0 Å². The summed E-state index contributed by atoms with van der Waals surface area (Å²) in [5.74, 6) is 0. The van der Waals surface area contributed by atoms with Crippen molar-refractivity contribution >= 4 is 59.3 Å². The fraction of sp³-hybridized carbons (Fsp3) is 0. The van der Waals surface area contributed by atoms with E-state index in [2.05, 4.69) is 193 Å². The van der Waals surface area contributed by atoms with E-state index in [4.69, 9.17) is 0 Å². The third-order valence-electron chi connectivity index (χ3n) is 9.26. The Morgan fingerprint density at radius 1 is 0.333 bits per heavy atom. The summed E-state index contributed by atoms with van der Waals surface area (Å²) in [6, 6.07) is 68.1. The van der Waals surface area contributed by atoms with Crippen LogP contribution < -0.4 is 4.90 Å². The Kier molecular flexibility index (Phi) is 7.07. The van der Waals surface area contributed by atoms with E-state index in [-0.39, 0.29) is 0 Å². The SMILES string of the molecule is c1ccc(-c2ccc(-c3ccc(N(c4ccc5cc6sc7ccccc7c6cc5c4)c4ccccc4-c4ccccc4)cc3)cc2)cc1. The number of hydrogen-bond donors (Lipinski definition) is 0. The summed E-state index contributed by atoms with van der Waals surface area (Å²) in [5.41, 5.74) is 10.6. The standard InChI is InChI=1S/C46H31NS/c1-3-11-32(12-4-1)33-19-21-34(22-20-33)35-23-26-39(27-24-35)47(44-17-9-7-15-41(44)36-13-5-2-6-14-36)40-28-25-37-31-46-43(30-38(37)29-40)42-16-8-10-18-45(42)48-46/h1-31H. The number of benzene rings is 8. The number of para-hydroxylation sites is 1. The molecule has 1 nitrogen and oxygen atoms in total. The number of fused-ring (bicyclic) bond motifs is 4. The van der Waals surface area contributed by atoms with Crippen molar-refractivity contribution in [2.24, 2.45) is 0 Å². The molecule has 9 rings (SSSR count). The maximum Gasteiger partial charge on any atom is 0.0540 e. The Labute approximate surface area is 284 Å². The largest absolute Gasteiger partial charge is 0.310 e. The van der Waals surface area contributed by atoms with Gasteiger partial charge in [0.05, 0.1) is 5.69 Å². The van der Waals surface area contributed by atoms with Crippen LogP contribution in [0.25, 0.3) is 64.3 Å². The first-order valence-corrected chi connectivity index (χ1v) is 17.2. The van der Waals surface area contributed by atoms with Gasteiger partial charge in [-0.15, -0.1) is 11.3 Å². The van der Waals surface area contributed by atoms with Gasteiger partial charge in [0.1, 0.15) is 0 Å². The number of hydrogen-bond acceptors (Lipinski definition) is 2. The van der Waals surface area contributed by atoms with Crippen LogP contribution in [0.5, 0.6) is 0 Å². The highest BCUT2D eigenvalue weighted by Gasteiger charge is 2.18. The van der Waals surface area contributed by atoms with Crippen molar-refractivity contribution in [2.45, 2.75) is 0 Å². The molecule has 0 amide bonds. The normalized spacial score (nSPS) is 11.3. The van der Waals surface area contributed by atoms with Gasteiger partial charge in [-0.1, -0.05) is 140 Å². The summed E-state index contributed by atoms with van der Waals surface area (Å²) in [7, 11) is 0. The van der Waals surface area contributed by atoms with Gasteiger partial charge < -0.3 is 4.90 Å². The fourth-order valence-electron chi connectivity index (χ4n) is 6.84. The molecule has 1 aromatic heterocycles. The predicted octanol–water partition coefficient (Wildman–Crippen LogP) is 13.7. The van der Waals surface area contributed by atoms with Gasteiger partial charge in [0, 0.05) is 37.1 Å². The predicted molar refractivity (Wildman–Crippen MR) is 208 cm³/mol. The van der Waals surface area contributed by atoms with E-state index in [0.717, 1.165) is 17.1 Å². The van der Waals surface area contributed by atoms with Gasteiger partial charge in [-0.05, 0) is 87.1 Å². The van der Waals surface area contributed by atoms with Crippen LogP contribution >= 0.6 is 11.3 Å². The van der Waals surface area contributed by atoms with Crippen molar-refractivity contribution in [1.82, 2.24) is 0 Å². The van der Waals surface area contributed by atoms with E-state index in [9.17, 15) is 0 Å². The topological polar surface area (TPSA) is 3.24 Å². The molecule has 0 N–H and O–H groups in total. The zero-order valence-corrected chi connectivity index (χ0v) is 27.1. The van der Waals surface area contributed by atoms with Crippen LogP contribution in [-0.4, -0.2) is 0 Å². The van der Waals surface area contributed by atoms with E-state index in [0.29, 0.717) is 0 Å². The molecule has 8 aromatic carbocycles. The van der Waals surface area contributed by atoms with Crippen LogP contribution in [0.2, 0.25) is 0 Å². The molecule has 2 heteroatoms. The maximum atomic E-state index is 2.40.